The first-order valence-electron chi connectivity index (χ1n) is 6.34. The van der Waals surface area contributed by atoms with Crippen LogP contribution in [0.1, 0.15) is 31.2 Å². The van der Waals surface area contributed by atoms with E-state index < -0.39 is 0 Å². The molecule has 3 rings (SSSR count). The van der Waals surface area contributed by atoms with Crippen LogP contribution in [-0.2, 0) is 0 Å². The Kier molecular flexibility index (Phi) is 2.44. The summed E-state index contributed by atoms with van der Waals surface area (Å²) in [7, 11) is 0. The average Bonchev–Trinajstić information content (AvgIpc) is 3.18. The van der Waals surface area contributed by atoms with Crippen molar-refractivity contribution in [2.45, 2.75) is 31.7 Å². The monoisotopic (exact) mass is 227 g/mol. The van der Waals surface area contributed by atoms with Crippen LogP contribution in [0.25, 0.3) is 0 Å². The van der Waals surface area contributed by atoms with E-state index in [9.17, 15) is 0 Å². The van der Waals surface area contributed by atoms with E-state index in [0.29, 0.717) is 17.3 Å². The van der Waals surface area contributed by atoms with Gasteiger partial charge in [-0.3, -0.25) is 0 Å². The van der Waals surface area contributed by atoms with Gasteiger partial charge in [0.1, 0.15) is 0 Å². The van der Waals surface area contributed by atoms with Crippen LogP contribution in [-0.4, -0.2) is 6.04 Å². The smallest absolute Gasteiger partial charge is 0.0992 e. The van der Waals surface area contributed by atoms with Crippen molar-refractivity contribution < 1.29 is 0 Å². The van der Waals surface area contributed by atoms with Crippen LogP contribution in [0, 0.1) is 23.2 Å². The number of nitrogens with one attached hydrogen (secondary N) is 1. The second-order valence-corrected chi connectivity index (χ2v) is 5.26. The van der Waals surface area contributed by atoms with Crippen molar-refractivity contribution in [1.82, 2.24) is 0 Å². The topological polar surface area (TPSA) is 61.8 Å². The Morgan fingerprint density at radius 1 is 1.24 bits per heavy atom. The molecule has 17 heavy (non-hydrogen) atoms. The number of nitrogens with zero attached hydrogens (tertiary/aromatic N) is 1. The fourth-order valence-electron chi connectivity index (χ4n) is 2.47. The van der Waals surface area contributed by atoms with Gasteiger partial charge in [-0.25, -0.2) is 0 Å². The third kappa shape index (κ3) is 2.21. The van der Waals surface area contributed by atoms with Crippen molar-refractivity contribution >= 4 is 11.4 Å². The third-order valence-corrected chi connectivity index (χ3v) is 3.76. The maximum absolute atomic E-state index is 8.81. The molecule has 3 N–H and O–H groups in total. The summed E-state index contributed by atoms with van der Waals surface area (Å²) in [4.78, 5) is 0. The molecule has 0 unspecified atom stereocenters. The lowest BCUT2D eigenvalue weighted by Gasteiger charge is -2.20. The maximum atomic E-state index is 8.81. The predicted molar refractivity (Wildman–Crippen MR) is 68.4 cm³/mol. The molecule has 0 spiro atoms. The first kappa shape index (κ1) is 10.5. The van der Waals surface area contributed by atoms with Crippen molar-refractivity contribution in [2.75, 3.05) is 11.1 Å². The highest BCUT2D eigenvalue weighted by molar-refractivity contribution is 5.68. The molecule has 0 amide bonds. The van der Waals surface area contributed by atoms with E-state index in [4.69, 9.17) is 11.0 Å². The van der Waals surface area contributed by atoms with Gasteiger partial charge in [0, 0.05) is 6.04 Å². The van der Waals surface area contributed by atoms with E-state index in [-0.39, 0.29) is 0 Å². The van der Waals surface area contributed by atoms with Crippen molar-refractivity contribution in [1.29, 1.82) is 5.26 Å². The van der Waals surface area contributed by atoms with Gasteiger partial charge in [-0.1, -0.05) is 0 Å². The Morgan fingerprint density at radius 2 is 1.88 bits per heavy atom. The highest BCUT2D eigenvalue weighted by atomic mass is 15.0. The van der Waals surface area contributed by atoms with Crippen LogP contribution >= 0.6 is 0 Å². The molecule has 0 aliphatic heterocycles. The number of nitrogens with two attached hydrogens (primary N) is 1. The van der Waals surface area contributed by atoms with Gasteiger partial charge in [0.25, 0.3) is 0 Å². The molecule has 0 heterocycles. The summed E-state index contributed by atoms with van der Waals surface area (Å²) in [6.45, 7) is 0. The molecule has 0 aromatic heterocycles. The van der Waals surface area contributed by atoms with Gasteiger partial charge in [0.2, 0.25) is 0 Å². The van der Waals surface area contributed by atoms with Crippen LogP contribution in [0.15, 0.2) is 18.2 Å². The van der Waals surface area contributed by atoms with Crippen molar-refractivity contribution in [3.63, 3.8) is 0 Å². The standard InChI is InChI=1S/C14H17N3/c15-8-9-1-6-13(12(16)7-9)17-14(10-2-3-10)11-4-5-11/h1,6-7,10-11,14,17H,2-5,16H2. The molecule has 1 aromatic carbocycles. The largest absolute Gasteiger partial charge is 0.397 e. The number of benzene rings is 1. The van der Waals surface area contributed by atoms with Gasteiger partial charge < -0.3 is 11.1 Å². The zero-order valence-corrected chi connectivity index (χ0v) is 9.82. The number of nitriles is 1. The van der Waals surface area contributed by atoms with Crippen LogP contribution in [0.2, 0.25) is 0 Å². The molecule has 0 bridgehead atoms. The fraction of sp³-hybridized carbons (Fsp3) is 0.500. The summed E-state index contributed by atoms with van der Waals surface area (Å²) < 4.78 is 0. The lowest BCUT2D eigenvalue weighted by Crippen LogP contribution is -2.24. The Bertz CT molecular complexity index is 455. The number of hydrogen-bond acceptors (Lipinski definition) is 3. The lowest BCUT2D eigenvalue weighted by molar-refractivity contribution is 0.568. The van der Waals surface area contributed by atoms with Crippen LogP contribution in [0.4, 0.5) is 11.4 Å². The molecular formula is C14H17N3. The van der Waals surface area contributed by atoms with Gasteiger partial charge >= 0.3 is 0 Å². The van der Waals surface area contributed by atoms with E-state index in [1.54, 1.807) is 6.07 Å². The summed E-state index contributed by atoms with van der Waals surface area (Å²) in [5.41, 5.74) is 8.28. The number of hydrogen-bond donors (Lipinski definition) is 2. The normalized spacial score (nSPS) is 19.1. The van der Waals surface area contributed by atoms with E-state index in [1.165, 1.54) is 25.7 Å². The van der Waals surface area contributed by atoms with Crippen LogP contribution < -0.4 is 11.1 Å². The van der Waals surface area contributed by atoms with Gasteiger partial charge in [0.05, 0.1) is 23.0 Å². The van der Waals surface area contributed by atoms with Crippen LogP contribution in [0.5, 0.6) is 0 Å². The van der Waals surface area contributed by atoms with E-state index in [1.807, 2.05) is 12.1 Å². The average molecular weight is 227 g/mol. The molecule has 2 saturated carbocycles. The maximum Gasteiger partial charge on any atom is 0.0992 e. The fourth-order valence-corrected chi connectivity index (χ4v) is 2.47. The summed E-state index contributed by atoms with van der Waals surface area (Å²) in [5, 5.41) is 12.4. The van der Waals surface area contributed by atoms with Crippen LogP contribution in [0.3, 0.4) is 0 Å². The van der Waals surface area contributed by atoms with Crippen molar-refractivity contribution in [3.8, 4) is 6.07 Å². The van der Waals surface area contributed by atoms with Crippen molar-refractivity contribution in [2.24, 2.45) is 11.8 Å². The minimum absolute atomic E-state index is 0.602. The second kappa shape index (κ2) is 3.96. The minimum Gasteiger partial charge on any atom is -0.397 e. The Labute approximate surface area is 102 Å². The summed E-state index contributed by atoms with van der Waals surface area (Å²) in [6.07, 6.45) is 5.41. The molecular weight excluding hydrogens is 210 g/mol. The number of anilines is 2. The summed E-state index contributed by atoms with van der Waals surface area (Å²) in [5.74, 6) is 1.69. The molecule has 3 nitrogen and oxygen atoms in total. The molecule has 2 aliphatic rings. The van der Waals surface area contributed by atoms with Gasteiger partial charge in [-0.15, -0.1) is 0 Å². The highest BCUT2D eigenvalue weighted by Crippen LogP contribution is 2.46. The third-order valence-electron chi connectivity index (χ3n) is 3.76. The zero-order valence-electron chi connectivity index (χ0n) is 9.82. The summed E-state index contributed by atoms with van der Waals surface area (Å²) in [6, 6.07) is 8.23. The highest BCUT2D eigenvalue weighted by Gasteiger charge is 2.41. The van der Waals surface area contributed by atoms with Gasteiger partial charge in [0.15, 0.2) is 0 Å². The minimum atomic E-state index is 0.602. The first-order chi connectivity index (χ1) is 8.28. The van der Waals surface area contributed by atoms with Gasteiger partial charge in [-0.05, 0) is 55.7 Å². The predicted octanol–water partition coefficient (Wildman–Crippen LogP) is 2.74. The lowest BCUT2D eigenvalue weighted by atomic mass is 10.1. The molecule has 0 saturated heterocycles. The molecule has 2 fully saturated rings. The van der Waals surface area contributed by atoms with Crippen molar-refractivity contribution in [3.05, 3.63) is 23.8 Å². The molecule has 2 aliphatic carbocycles. The summed E-state index contributed by atoms with van der Waals surface area (Å²) >= 11 is 0. The molecule has 0 radical (unpaired) electrons. The molecule has 0 atom stereocenters. The Hall–Kier alpha value is -1.69. The van der Waals surface area contributed by atoms with E-state index in [0.717, 1.165) is 17.5 Å². The van der Waals surface area contributed by atoms with Gasteiger partial charge in [-0.2, -0.15) is 5.26 Å². The number of nitrogen functional groups attached to an aromatic ring is 1. The number of rotatable bonds is 4. The molecule has 1 aromatic rings. The second-order valence-electron chi connectivity index (χ2n) is 5.26. The first-order valence-corrected chi connectivity index (χ1v) is 6.34. The Balaban J connectivity index is 1.77. The Morgan fingerprint density at radius 3 is 2.35 bits per heavy atom. The van der Waals surface area contributed by atoms with E-state index in [2.05, 4.69) is 11.4 Å². The quantitative estimate of drug-likeness (QED) is 0.777. The zero-order chi connectivity index (χ0) is 11.8. The molecule has 88 valence electrons. The SMILES string of the molecule is N#Cc1ccc(NC(C2CC2)C2CC2)c(N)c1. The molecule has 3 heteroatoms. The van der Waals surface area contributed by atoms with E-state index >= 15 is 0 Å².